The first-order valence-electron chi connectivity index (χ1n) is 10.1. The molecular formula is C27H22O5. The van der Waals surface area contributed by atoms with Crippen LogP contribution in [0.2, 0.25) is 0 Å². The molecule has 0 saturated heterocycles. The standard InChI is InChI=1S/C27H22O5/c28-21-13-5-1-9-17(21)25(18-10-2-6-14-22(18)29)27(32)26(19-11-3-7-15-23(19)30)20-12-4-8-16-24(20)31/h1-16,25-26,28-31H. The summed E-state index contributed by atoms with van der Waals surface area (Å²) in [5.41, 5.74) is 1.26. The Kier molecular flexibility index (Phi) is 5.81. The van der Waals surface area contributed by atoms with Crippen LogP contribution in [0.5, 0.6) is 23.0 Å². The number of benzene rings is 4. The largest absolute Gasteiger partial charge is 0.508 e. The molecule has 0 amide bonds. The third kappa shape index (κ3) is 3.88. The molecule has 0 fully saturated rings. The molecule has 4 rings (SSSR count). The Balaban J connectivity index is 1.97. The number of Topliss-reactive ketones (excluding diaryl/α,β-unsaturated/α-hetero) is 1. The minimum atomic E-state index is -1.05. The Labute approximate surface area is 185 Å². The topological polar surface area (TPSA) is 98.0 Å². The highest BCUT2D eigenvalue weighted by molar-refractivity contribution is 5.98. The molecule has 4 aromatic rings. The first kappa shape index (κ1) is 21.0. The Hall–Kier alpha value is -4.25. The molecule has 160 valence electrons. The summed E-state index contributed by atoms with van der Waals surface area (Å²) < 4.78 is 0. The third-order valence-corrected chi connectivity index (χ3v) is 5.56. The van der Waals surface area contributed by atoms with Crippen LogP contribution in [0.3, 0.4) is 0 Å². The molecule has 0 heterocycles. The minimum Gasteiger partial charge on any atom is -0.508 e. The number of rotatable bonds is 6. The van der Waals surface area contributed by atoms with Crippen LogP contribution in [0.1, 0.15) is 34.1 Å². The molecule has 0 aliphatic carbocycles. The third-order valence-electron chi connectivity index (χ3n) is 5.56. The fourth-order valence-corrected chi connectivity index (χ4v) is 4.04. The van der Waals surface area contributed by atoms with Crippen LogP contribution in [0.15, 0.2) is 97.1 Å². The summed E-state index contributed by atoms with van der Waals surface area (Å²) in [4.78, 5) is 14.2. The summed E-state index contributed by atoms with van der Waals surface area (Å²) in [6.07, 6.45) is 0. The lowest BCUT2D eigenvalue weighted by atomic mass is 9.76. The maximum Gasteiger partial charge on any atom is 0.157 e. The van der Waals surface area contributed by atoms with Crippen molar-refractivity contribution in [2.75, 3.05) is 0 Å². The predicted molar refractivity (Wildman–Crippen MR) is 121 cm³/mol. The van der Waals surface area contributed by atoms with Gasteiger partial charge in [0.05, 0.1) is 11.8 Å². The lowest BCUT2D eigenvalue weighted by molar-refractivity contribution is -0.120. The Morgan fingerprint density at radius 3 is 0.875 bits per heavy atom. The zero-order valence-corrected chi connectivity index (χ0v) is 17.1. The molecule has 0 saturated carbocycles. The molecular weight excluding hydrogens is 404 g/mol. The zero-order valence-electron chi connectivity index (χ0n) is 17.1. The molecule has 0 spiro atoms. The van der Waals surface area contributed by atoms with Crippen LogP contribution in [0, 0.1) is 0 Å². The van der Waals surface area contributed by atoms with Gasteiger partial charge < -0.3 is 20.4 Å². The number of phenols is 4. The average Bonchev–Trinajstić information content (AvgIpc) is 2.79. The first-order valence-corrected chi connectivity index (χ1v) is 10.1. The van der Waals surface area contributed by atoms with E-state index in [0.29, 0.717) is 22.3 Å². The highest BCUT2D eigenvalue weighted by Crippen LogP contribution is 2.44. The van der Waals surface area contributed by atoms with Crippen LogP contribution in [0.25, 0.3) is 0 Å². The zero-order chi connectivity index (χ0) is 22.7. The lowest BCUT2D eigenvalue weighted by Gasteiger charge is -2.26. The molecule has 0 bridgehead atoms. The number of para-hydroxylation sites is 4. The summed E-state index contributed by atoms with van der Waals surface area (Å²) >= 11 is 0. The number of hydrogen-bond donors (Lipinski definition) is 4. The van der Waals surface area contributed by atoms with Crippen molar-refractivity contribution in [3.8, 4) is 23.0 Å². The second-order valence-electron chi connectivity index (χ2n) is 7.50. The van der Waals surface area contributed by atoms with E-state index in [1.54, 1.807) is 72.8 Å². The fourth-order valence-electron chi connectivity index (χ4n) is 4.04. The summed E-state index contributed by atoms with van der Waals surface area (Å²) in [7, 11) is 0. The normalized spacial score (nSPS) is 11.1. The second kappa shape index (κ2) is 8.86. The molecule has 0 unspecified atom stereocenters. The molecule has 0 aliphatic heterocycles. The second-order valence-corrected chi connectivity index (χ2v) is 7.50. The number of carbonyl (C=O) groups is 1. The van der Waals surface area contributed by atoms with Gasteiger partial charge in [0.1, 0.15) is 23.0 Å². The van der Waals surface area contributed by atoms with E-state index in [0.717, 1.165) is 0 Å². The number of hydrogen-bond acceptors (Lipinski definition) is 5. The summed E-state index contributed by atoms with van der Waals surface area (Å²) in [6, 6.07) is 25.8. The molecule has 0 aliphatic rings. The van der Waals surface area contributed by atoms with Gasteiger partial charge in [-0.3, -0.25) is 4.79 Å². The van der Waals surface area contributed by atoms with Gasteiger partial charge in [-0.15, -0.1) is 0 Å². The highest BCUT2D eigenvalue weighted by atomic mass is 16.3. The van der Waals surface area contributed by atoms with Crippen LogP contribution in [-0.2, 0) is 4.79 Å². The smallest absolute Gasteiger partial charge is 0.157 e. The summed E-state index contributed by atoms with van der Waals surface area (Å²) in [5, 5.41) is 42.3. The first-order chi connectivity index (χ1) is 15.5. The molecule has 4 aromatic carbocycles. The Morgan fingerprint density at radius 2 is 0.656 bits per heavy atom. The predicted octanol–water partition coefficient (Wildman–Crippen LogP) is 5.04. The highest BCUT2D eigenvalue weighted by Gasteiger charge is 2.36. The van der Waals surface area contributed by atoms with E-state index in [1.165, 1.54) is 24.3 Å². The SMILES string of the molecule is O=C(C(c1ccccc1O)c1ccccc1O)C(c1ccccc1O)c1ccccc1O. The van der Waals surface area contributed by atoms with Gasteiger partial charge in [0.2, 0.25) is 0 Å². The van der Waals surface area contributed by atoms with E-state index in [9.17, 15) is 25.2 Å². The monoisotopic (exact) mass is 426 g/mol. The van der Waals surface area contributed by atoms with Crippen LogP contribution in [-0.4, -0.2) is 26.2 Å². The average molecular weight is 426 g/mol. The molecule has 5 nitrogen and oxygen atoms in total. The van der Waals surface area contributed by atoms with Crippen molar-refractivity contribution < 1.29 is 25.2 Å². The van der Waals surface area contributed by atoms with Crippen LogP contribution in [0.4, 0.5) is 0 Å². The van der Waals surface area contributed by atoms with Crippen molar-refractivity contribution in [2.45, 2.75) is 11.8 Å². The number of aromatic hydroxyl groups is 4. The van der Waals surface area contributed by atoms with Crippen molar-refractivity contribution in [1.82, 2.24) is 0 Å². The maximum absolute atomic E-state index is 14.2. The molecule has 0 aromatic heterocycles. The van der Waals surface area contributed by atoms with Gasteiger partial charge in [-0.25, -0.2) is 0 Å². The molecule has 0 atom stereocenters. The van der Waals surface area contributed by atoms with Gasteiger partial charge in [-0.1, -0.05) is 72.8 Å². The molecule has 32 heavy (non-hydrogen) atoms. The summed E-state index contributed by atoms with van der Waals surface area (Å²) in [5.74, 6) is -2.91. The van der Waals surface area contributed by atoms with Crippen molar-refractivity contribution in [3.05, 3.63) is 119 Å². The van der Waals surface area contributed by atoms with Crippen LogP contribution < -0.4 is 0 Å². The van der Waals surface area contributed by atoms with Gasteiger partial charge in [-0.05, 0) is 24.3 Å². The van der Waals surface area contributed by atoms with Crippen molar-refractivity contribution in [3.63, 3.8) is 0 Å². The van der Waals surface area contributed by atoms with Crippen molar-refractivity contribution >= 4 is 5.78 Å². The molecule has 4 N–H and O–H groups in total. The van der Waals surface area contributed by atoms with E-state index in [4.69, 9.17) is 0 Å². The Bertz CT molecular complexity index is 1080. The lowest BCUT2D eigenvalue weighted by Crippen LogP contribution is -2.23. The number of ketones is 1. The van der Waals surface area contributed by atoms with Gasteiger partial charge >= 0.3 is 0 Å². The molecule has 5 heteroatoms. The summed E-state index contributed by atoms with van der Waals surface area (Å²) in [6.45, 7) is 0. The fraction of sp³-hybridized carbons (Fsp3) is 0.0741. The van der Waals surface area contributed by atoms with Gasteiger partial charge in [0, 0.05) is 22.3 Å². The minimum absolute atomic E-state index is 0.0950. The van der Waals surface area contributed by atoms with E-state index in [-0.39, 0.29) is 23.0 Å². The molecule has 0 radical (unpaired) electrons. The van der Waals surface area contributed by atoms with E-state index in [2.05, 4.69) is 0 Å². The van der Waals surface area contributed by atoms with Crippen molar-refractivity contribution in [2.24, 2.45) is 0 Å². The van der Waals surface area contributed by atoms with Crippen molar-refractivity contribution in [1.29, 1.82) is 0 Å². The van der Waals surface area contributed by atoms with Gasteiger partial charge in [0.15, 0.2) is 5.78 Å². The maximum atomic E-state index is 14.2. The quantitative estimate of drug-likeness (QED) is 0.346. The van der Waals surface area contributed by atoms with E-state index >= 15 is 0 Å². The van der Waals surface area contributed by atoms with Gasteiger partial charge in [-0.2, -0.15) is 0 Å². The van der Waals surface area contributed by atoms with E-state index in [1.807, 2.05) is 0 Å². The van der Waals surface area contributed by atoms with Gasteiger partial charge in [0.25, 0.3) is 0 Å². The van der Waals surface area contributed by atoms with E-state index < -0.39 is 17.6 Å². The van der Waals surface area contributed by atoms with Crippen LogP contribution >= 0.6 is 0 Å². The number of phenolic OH excluding ortho intramolecular Hbond substituents is 4. The number of carbonyl (C=O) groups excluding carboxylic acids is 1. The Morgan fingerprint density at radius 1 is 0.438 bits per heavy atom.